The summed E-state index contributed by atoms with van der Waals surface area (Å²) in [5.41, 5.74) is 0. The number of hydrogen-bond donors (Lipinski definition) is 1. The van der Waals surface area contributed by atoms with E-state index in [0.29, 0.717) is 0 Å². The molecule has 0 fully saturated rings. The quantitative estimate of drug-likeness (QED) is 0.622. The average molecular weight is 149 g/mol. The van der Waals surface area contributed by atoms with Crippen LogP contribution in [0.4, 0.5) is 0 Å². The van der Waals surface area contributed by atoms with Crippen molar-refractivity contribution in [3.63, 3.8) is 0 Å². The van der Waals surface area contributed by atoms with Gasteiger partial charge in [-0.2, -0.15) is 0 Å². The standard InChI is InChI=1S/C6H10.C4H5N/c1-3-5-6-4-2;1-2-4-5-3-1/h3,5-6H,1,4H2,2H3;1-5H. The van der Waals surface area contributed by atoms with Gasteiger partial charge in [0.15, 0.2) is 0 Å². The molecule has 11 heavy (non-hydrogen) atoms. The lowest BCUT2D eigenvalue weighted by molar-refractivity contribution is 1.22. The molecule has 0 aromatic carbocycles. The predicted molar refractivity (Wildman–Crippen MR) is 50.4 cm³/mol. The van der Waals surface area contributed by atoms with E-state index < -0.39 is 0 Å². The molecule has 1 nitrogen and oxygen atoms in total. The van der Waals surface area contributed by atoms with E-state index in [2.05, 4.69) is 24.6 Å². The highest BCUT2D eigenvalue weighted by Crippen LogP contribution is 1.76. The molecule has 1 rings (SSSR count). The number of allylic oxidation sites excluding steroid dienone is 3. The fraction of sp³-hybridized carbons (Fsp3) is 0.200. The minimum atomic E-state index is 1.10. The van der Waals surface area contributed by atoms with Gasteiger partial charge in [-0.1, -0.05) is 31.7 Å². The topological polar surface area (TPSA) is 15.8 Å². The first-order chi connectivity index (χ1) is 5.41. The van der Waals surface area contributed by atoms with Gasteiger partial charge in [-0.15, -0.1) is 0 Å². The second-order valence-corrected chi connectivity index (χ2v) is 1.96. The van der Waals surface area contributed by atoms with E-state index in [4.69, 9.17) is 0 Å². The van der Waals surface area contributed by atoms with Crippen molar-refractivity contribution in [3.05, 3.63) is 49.3 Å². The normalized spacial score (nSPS) is 8.82. The molecule has 0 aliphatic rings. The van der Waals surface area contributed by atoms with Crippen LogP contribution in [0.2, 0.25) is 0 Å². The van der Waals surface area contributed by atoms with Crippen molar-refractivity contribution >= 4 is 0 Å². The van der Waals surface area contributed by atoms with Crippen molar-refractivity contribution in [2.24, 2.45) is 0 Å². The molecule has 0 saturated carbocycles. The van der Waals surface area contributed by atoms with E-state index in [-0.39, 0.29) is 0 Å². The number of aromatic amines is 1. The Labute approximate surface area is 68.5 Å². The lowest BCUT2D eigenvalue weighted by atomic mass is 10.4. The molecule has 1 heterocycles. The Balaban J connectivity index is 0.000000183. The van der Waals surface area contributed by atoms with Crippen LogP contribution in [-0.4, -0.2) is 4.98 Å². The summed E-state index contributed by atoms with van der Waals surface area (Å²) in [7, 11) is 0. The van der Waals surface area contributed by atoms with Crippen molar-refractivity contribution in [2.45, 2.75) is 13.3 Å². The molecule has 60 valence electrons. The highest BCUT2D eigenvalue weighted by molar-refractivity contribution is 4.96. The fourth-order valence-corrected chi connectivity index (χ4v) is 0.510. The molecule has 0 saturated heterocycles. The van der Waals surface area contributed by atoms with Gasteiger partial charge in [-0.25, -0.2) is 0 Å². The molecular weight excluding hydrogens is 134 g/mol. The van der Waals surface area contributed by atoms with Gasteiger partial charge >= 0.3 is 0 Å². The highest BCUT2D eigenvalue weighted by atomic mass is 14.6. The molecule has 1 aromatic rings. The Morgan fingerprint density at radius 2 is 2.00 bits per heavy atom. The molecule has 0 amide bonds. The van der Waals surface area contributed by atoms with E-state index in [1.54, 1.807) is 6.08 Å². The first kappa shape index (κ1) is 9.76. The van der Waals surface area contributed by atoms with E-state index >= 15 is 0 Å². The number of hydrogen-bond acceptors (Lipinski definition) is 0. The molecule has 0 radical (unpaired) electrons. The van der Waals surface area contributed by atoms with E-state index in [1.807, 2.05) is 30.6 Å². The maximum absolute atomic E-state index is 3.51. The number of H-pyrrole nitrogens is 1. The summed E-state index contributed by atoms with van der Waals surface area (Å²) in [6.07, 6.45) is 10.6. The SMILES string of the molecule is C=CC=CCC.c1cc[nH]c1. The molecule has 0 spiro atoms. The maximum Gasteiger partial charge on any atom is 0.000496 e. The zero-order valence-corrected chi connectivity index (χ0v) is 6.96. The van der Waals surface area contributed by atoms with Gasteiger partial charge in [-0.05, 0) is 18.6 Å². The van der Waals surface area contributed by atoms with Crippen LogP contribution in [0.15, 0.2) is 49.3 Å². The van der Waals surface area contributed by atoms with Gasteiger partial charge in [0.25, 0.3) is 0 Å². The molecule has 1 aromatic heterocycles. The van der Waals surface area contributed by atoms with E-state index in [0.717, 1.165) is 6.42 Å². The summed E-state index contributed by atoms with van der Waals surface area (Å²) >= 11 is 0. The summed E-state index contributed by atoms with van der Waals surface area (Å²) in [4.78, 5) is 2.86. The van der Waals surface area contributed by atoms with Crippen molar-refractivity contribution < 1.29 is 0 Å². The van der Waals surface area contributed by atoms with Gasteiger partial charge < -0.3 is 4.98 Å². The van der Waals surface area contributed by atoms with Crippen molar-refractivity contribution in [1.82, 2.24) is 4.98 Å². The third-order valence-corrected chi connectivity index (χ3v) is 1.00. The third kappa shape index (κ3) is 8.76. The summed E-state index contributed by atoms with van der Waals surface area (Å²) in [6.45, 7) is 5.61. The second kappa shape index (κ2) is 8.76. The lowest BCUT2D eigenvalue weighted by Gasteiger charge is -1.67. The van der Waals surface area contributed by atoms with Crippen LogP contribution < -0.4 is 0 Å². The summed E-state index contributed by atoms with van der Waals surface area (Å²) in [6, 6.07) is 3.89. The number of nitrogens with one attached hydrogen (secondary N) is 1. The van der Waals surface area contributed by atoms with E-state index in [9.17, 15) is 0 Å². The molecule has 1 N–H and O–H groups in total. The molecule has 0 unspecified atom stereocenters. The molecule has 0 aliphatic heterocycles. The summed E-state index contributed by atoms with van der Waals surface area (Å²) in [5, 5.41) is 0. The minimum Gasteiger partial charge on any atom is -0.368 e. The summed E-state index contributed by atoms with van der Waals surface area (Å²) < 4.78 is 0. The van der Waals surface area contributed by atoms with Crippen molar-refractivity contribution in [3.8, 4) is 0 Å². The Hall–Kier alpha value is -1.24. The van der Waals surface area contributed by atoms with Gasteiger partial charge in [0.2, 0.25) is 0 Å². The van der Waals surface area contributed by atoms with Gasteiger partial charge in [0.1, 0.15) is 0 Å². The largest absolute Gasteiger partial charge is 0.368 e. The first-order valence-corrected chi connectivity index (χ1v) is 3.77. The van der Waals surface area contributed by atoms with Crippen LogP contribution in [0.5, 0.6) is 0 Å². The highest BCUT2D eigenvalue weighted by Gasteiger charge is 1.56. The second-order valence-electron chi connectivity index (χ2n) is 1.96. The molecule has 0 bridgehead atoms. The number of rotatable bonds is 2. The smallest absolute Gasteiger partial charge is 0.000496 e. The van der Waals surface area contributed by atoms with Gasteiger partial charge in [0, 0.05) is 12.4 Å². The van der Waals surface area contributed by atoms with Crippen LogP contribution >= 0.6 is 0 Å². The van der Waals surface area contributed by atoms with Crippen LogP contribution in [-0.2, 0) is 0 Å². The van der Waals surface area contributed by atoms with E-state index in [1.165, 1.54) is 0 Å². The zero-order chi connectivity index (χ0) is 8.36. The third-order valence-electron chi connectivity index (χ3n) is 1.00. The molecule has 0 aliphatic carbocycles. The Morgan fingerprint density at radius 3 is 2.18 bits per heavy atom. The Kier molecular flexibility index (Phi) is 7.77. The van der Waals surface area contributed by atoms with Crippen LogP contribution in [0.25, 0.3) is 0 Å². The van der Waals surface area contributed by atoms with Crippen molar-refractivity contribution in [1.29, 1.82) is 0 Å². The minimum absolute atomic E-state index is 1.10. The van der Waals surface area contributed by atoms with Crippen LogP contribution in [0, 0.1) is 0 Å². The lowest BCUT2D eigenvalue weighted by Crippen LogP contribution is -1.46. The Bertz CT molecular complexity index is 156. The average Bonchev–Trinajstić information content (AvgIpc) is 2.57. The summed E-state index contributed by atoms with van der Waals surface area (Å²) in [5.74, 6) is 0. The van der Waals surface area contributed by atoms with Gasteiger partial charge in [0.05, 0.1) is 0 Å². The van der Waals surface area contributed by atoms with Crippen molar-refractivity contribution in [2.75, 3.05) is 0 Å². The maximum atomic E-state index is 3.51. The molecule has 0 atom stereocenters. The van der Waals surface area contributed by atoms with Gasteiger partial charge in [-0.3, -0.25) is 0 Å². The Morgan fingerprint density at radius 1 is 1.36 bits per heavy atom. The molecule has 1 heteroatoms. The molecular formula is C10H15N. The number of aromatic nitrogens is 1. The van der Waals surface area contributed by atoms with Crippen LogP contribution in [0.3, 0.4) is 0 Å². The van der Waals surface area contributed by atoms with Crippen LogP contribution in [0.1, 0.15) is 13.3 Å². The monoisotopic (exact) mass is 149 g/mol. The zero-order valence-electron chi connectivity index (χ0n) is 6.96. The first-order valence-electron chi connectivity index (χ1n) is 3.77. The fourth-order valence-electron chi connectivity index (χ4n) is 0.510. The predicted octanol–water partition coefficient (Wildman–Crippen LogP) is 3.15.